The molecule has 1 aliphatic rings. The van der Waals surface area contributed by atoms with Crippen molar-refractivity contribution in [2.45, 2.75) is 25.9 Å². The summed E-state index contributed by atoms with van der Waals surface area (Å²) in [5.41, 5.74) is 0.522. The van der Waals surface area contributed by atoms with E-state index < -0.39 is 16.3 Å². The van der Waals surface area contributed by atoms with Gasteiger partial charge in [0.25, 0.3) is 10.2 Å². The van der Waals surface area contributed by atoms with Crippen LogP contribution in [0.5, 0.6) is 0 Å². The summed E-state index contributed by atoms with van der Waals surface area (Å²) < 4.78 is 28.4. The molecule has 0 unspecified atom stereocenters. The van der Waals surface area contributed by atoms with E-state index in [1.54, 1.807) is 24.3 Å². The Bertz CT molecular complexity index is 579. The lowest BCUT2D eigenvalue weighted by atomic mass is 10.0. The fraction of sp³-hybridized carbons (Fsp3) is 0.571. The molecule has 7 heteroatoms. The molecule has 0 radical (unpaired) electrons. The zero-order valence-corrected chi connectivity index (χ0v) is 13.6. The molecule has 21 heavy (non-hydrogen) atoms. The topological polar surface area (TPSA) is 69.6 Å². The molecule has 0 aromatic heterocycles. The molecule has 0 saturated carbocycles. The maximum Gasteiger partial charge on any atom is 0.279 e. The molecule has 1 aromatic carbocycles. The van der Waals surface area contributed by atoms with Crippen molar-refractivity contribution in [3.8, 4) is 0 Å². The van der Waals surface area contributed by atoms with Crippen molar-refractivity contribution in [2.75, 3.05) is 19.6 Å². The summed E-state index contributed by atoms with van der Waals surface area (Å²) in [6.45, 7) is 3.01. The highest BCUT2D eigenvalue weighted by atomic mass is 35.5. The van der Waals surface area contributed by atoms with E-state index in [1.165, 1.54) is 4.31 Å². The minimum atomic E-state index is -3.55. The number of hydrogen-bond acceptors (Lipinski definition) is 3. The average molecular weight is 333 g/mol. The zero-order valence-electron chi connectivity index (χ0n) is 12.0. The molecular formula is C14H21ClN2O3S. The van der Waals surface area contributed by atoms with E-state index in [9.17, 15) is 13.5 Å². The molecule has 5 nitrogen and oxygen atoms in total. The van der Waals surface area contributed by atoms with E-state index >= 15 is 0 Å². The second-order valence-electron chi connectivity index (χ2n) is 5.50. The quantitative estimate of drug-likeness (QED) is 0.865. The number of nitrogens with one attached hydrogen (secondary N) is 1. The van der Waals surface area contributed by atoms with Crippen LogP contribution in [-0.2, 0) is 10.2 Å². The Hall–Kier alpha value is -0.660. The Balaban J connectivity index is 1.97. The van der Waals surface area contributed by atoms with Crippen LogP contribution in [0.4, 0.5) is 0 Å². The number of piperidine rings is 1. The van der Waals surface area contributed by atoms with Gasteiger partial charge in [-0.25, -0.2) is 0 Å². The van der Waals surface area contributed by atoms with Crippen molar-refractivity contribution < 1.29 is 13.5 Å². The van der Waals surface area contributed by atoms with Crippen LogP contribution in [-0.4, -0.2) is 37.5 Å². The van der Waals surface area contributed by atoms with Gasteiger partial charge in [0, 0.05) is 30.2 Å². The Morgan fingerprint density at radius 3 is 2.86 bits per heavy atom. The maximum absolute atomic E-state index is 12.2. The van der Waals surface area contributed by atoms with E-state index in [0.717, 1.165) is 12.8 Å². The van der Waals surface area contributed by atoms with Gasteiger partial charge in [-0.2, -0.15) is 17.4 Å². The van der Waals surface area contributed by atoms with Gasteiger partial charge in [-0.3, -0.25) is 0 Å². The lowest BCUT2D eigenvalue weighted by molar-refractivity contribution is 0.180. The molecular weight excluding hydrogens is 312 g/mol. The summed E-state index contributed by atoms with van der Waals surface area (Å²) in [4.78, 5) is 0. The number of halogens is 1. The molecule has 0 spiro atoms. The van der Waals surface area contributed by atoms with Crippen LogP contribution in [0.2, 0.25) is 5.02 Å². The largest absolute Gasteiger partial charge is 0.387 e. The number of benzene rings is 1. The number of aliphatic hydroxyl groups is 1. The van der Waals surface area contributed by atoms with E-state index in [2.05, 4.69) is 4.72 Å². The third kappa shape index (κ3) is 4.40. The summed E-state index contributed by atoms with van der Waals surface area (Å²) in [5, 5.41) is 10.5. The van der Waals surface area contributed by atoms with Gasteiger partial charge in [-0.05, 0) is 24.8 Å². The molecule has 0 bridgehead atoms. The van der Waals surface area contributed by atoms with Gasteiger partial charge in [0.1, 0.15) is 0 Å². The highest BCUT2D eigenvalue weighted by molar-refractivity contribution is 7.87. The van der Waals surface area contributed by atoms with Crippen LogP contribution in [0.25, 0.3) is 0 Å². The molecule has 1 heterocycles. The van der Waals surface area contributed by atoms with Crippen molar-refractivity contribution in [2.24, 2.45) is 5.92 Å². The van der Waals surface area contributed by atoms with E-state index in [4.69, 9.17) is 11.6 Å². The molecule has 1 saturated heterocycles. The fourth-order valence-electron chi connectivity index (χ4n) is 2.50. The minimum Gasteiger partial charge on any atom is -0.387 e. The molecule has 1 aliphatic heterocycles. The summed E-state index contributed by atoms with van der Waals surface area (Å²) in [5.74, 6) is 0.365. The van der Waals surface area contributed by atoms with Crippen LogP contribution in [0, 0.1) is 5.92 Å². The predicted octanol–water partition coefficient (Wildman–Crippen LogP) is 1.94. The third-order valence-corrected chi connectivity index (χ3v) is 5.57. The summed E-state index contributed by atoms with van der Waals surface area (Å²) in [6, 6.07) is 6.87. The third-order valence-electron chi connectivity index (χ3n) is 3.68. The predicted molar refractivity (Wildman–Crippen MR) is 83.3 cm³/mol. The molecule has 1 fully saturated rings. The molecule has 0 aliphatic carbocycles. The molecule has 1 aromatic rings. The molecule has 0 amide bonds. The smallest absolute Gasteiger partial charge is 0.279 e. The summed E-state index contributed by atoms with van der Waals surface area (Å²) in [6.07, 6.45) is 0.958. The minimum absolute atomic E-state index is 0.0864. The lowest BCUT2D eigenvalue weighted by Crippen LogP contribution is -2.46. The van der Waals surface area contributed by atoms with Crippen LogP contribution in [0.15, 0.2) is 24.3 Å². The first-order valence-corrected chi connectivity index (χ1v) is 8.89. The van der Waals surface area contributed by atoms with Crippen LogP contribution in [0.1, 0.15) is 31.4 Å². The van der Waals surface area contributed by atoms with Gasteiger partial charge >= 0.3 is 0 Å². The summed E-state index contributed by atoms with van der Waals surface area (Å²) >= 11 is 5.99. The maximum atomic E-state index is 12.2. The van der Waals surface area contributed by atoms with Crippen molar-refractivity contribution in [3.63, 3.8) is 0 Å². The SMILES string of the molecule is C[C@@H]1CCCN(S(=O)(=O)NC[C@@H](O)c2ccccc2Cl)C1. The summed E-state index contributed by atoms with van der Waals surface area (Å²) in [7, 11) is -3.55. The highest BCUT2D eigenvalue weighted by Gasteiger charge is 2.27. The highest BCUT2D eigenvalue weighted by Crippen LogP contribution is 2.22. The van der Waals surface area contributed by atoms with Crippen LogP contribution in [0.3, 0.4) is 0 Å². The fourth-order valence-corrected chi connectivity index (χ4v) is 4.13. The number of nitrogens with zero attached hydrogens (tertiary/aromatic N) is 1. The molecule has 2 rings (SSSR count). The van der Waals surface area contributed by atoms with E-state index in [0.29, 0.717) is 29.6 Å². The van der Waals surface area contributed by atoms with Crippen LogP contribution < -0.4 is 4.72 Å². The normalized spacial score (nSPS) is 22.1. The number of hydrogen-bond donors (Lipinski definition) is 2. The van der Waals surface area contributed by atoms with Gasteiger partial charge < -0.3 is 5.11 Å². The van der Waals surface area contributed by atoms with Crippen molar-refractivity contribution in [1.82, 2.24) is 9.03 Å². The lowest BCUT2D eigenvalue weighted by Gasteiger charge is -2.30. The molecule has 2 atom stereocenters. The monoisotopic (exact) mass is 332 g/mol. The van der Waals surface area contributed by atoms with Gasteiger partial charge in [0.2, 0.25) is 0 Å². The van der Waals surface area contributed by atoms with Gasteiger partial charge in [-0.15, -0.1) is 0 Å². The second-order valence-corrected chi connectivity index (χ2v) is 7.66. The van der Waals surface area contributed by atoms with Crippen molar-refractivity contribution >= 4 is 21.8 Å². The van der Waals surface area contributed by atoms with E-state index in [-0.39, 0.29) is 6.54 Å². The Kier molecular flexibility index (Phi) is 5.62. The Morgan fingerprint density at radius 2 is 2.19 bits per heavy atom. The molecule has 118 valence electrons. The first kappa shape index (κ1) is 16.7. The van der Waals surface area contributed by atoms with Gasteiger partial charge in [0.15, 0.2) is 0 Å². The van der Waals surface area contributed by atoms with Crippen molar-refractivity contribution in [1.29, 1.82) is 0 Å². The molecule has 2 N–H and O–H groups in total. The van der Waals surface area contributed by atoms with Gasteiger partial charge in [-0.1, -0.05) is 36.7 Å². The first-order chi connectivity index (χ1) is 9.90. The number of rotatable bonds is 5. The second kappa shape index (κ2) is 7.07. The Labute approximate surface area is 131 Å². The number of aliphatic hydroxyl groups excluding tert-OH is 1. The van der Waals surface area contributed by atoms with E-state index in [1.807, 2.05) is 6.92 Å². The van der Waals surface area contributed by atoms with Gasteiger partial charge in [0.05, 0.1) is 6.10 Å². The van der Waals surface area contributed by atoms with Crippen LogP contribution >= 0.6 is 11.6 Å². The zero-order chi connectivity index (χ0) is 15.5. The average Bonchev–Trinajstić information content (AvgIpc) is 2.45. The Morgan fingerprint density at radius 1 is 1.48 bits per heavy atom. The van der Waals surface area contributed by atoms with Crippen molar-refractivity contribution in [3.05, 3.63) is 34.9 Å². The first-order valence-electron chi connectivity index (χ1n) is 7.07. The standard InChI is InChI=1S/C14H21ClN2O3S/c1-11-5-4-8-17(10-11)21(19,20)16-9-14(18)12-6-2-3-7-13(12)15/h2-3,6-7,11,14,16,18H,4-5,8-10H2,1H3/t11-,14-/m1/s1.